The average molecular weight is 409 g/mol. The fraction of sp³-hybridized carbons (Fsp3) is 0.545. The Morgan fingerprint density at radius 1 is 0.867 bits per heavy atom. The molecule has 30 heavy (non-hydrogen) atoms. The first-order valence-electron chi connectivity index (χ1n) is 11.2. The minimum atomic E-state index is 0.504. The fourth-order valence-electron chi connectivity index (χ4n) is 4.05. The molecule has 4 rings (SSSR count). The van der Waals surface area contributed by atoms with Gasteiger partial charge in [0.1, 0.15) is 0 Å². The molecular formula is C22H32N8. The third kappa shape index (κ3) is 4.80. The predicted octanol–water partition coefficient (Wildman–Crippen LogP) is 3.36. The van der Waals surface area contributed by atoms with Crippen LogP contribution in [-0.4, -0.2) is 60.4 Å². The van der Waals surface area contributed by atoms with Crippen molar-refractivity contribution < 1.29 is 0 Å². The van der Waals surface area contributed by atoms with Gasteiger partial charge in [-0.2, -0.15) is 20.1 Å². The lowest BCUT2D eigenvalue weighted by atomic mass is 10.2. The van der Waals surface area contributed by atoms with E-state index in [-0.39, 0.29) is 0 Å². The number of aromatic nitrogens is 3. The summed E-state index contributed by atoms with van der Waals surface area (Å²) in [4.78, 5) is 20.8. The summed E-state index contributed by atoms with van der Waals surface area (Å²) < 4.78 is 0. The number of nitrogens with one attached hydrogen (secondary N) is 1. The summed E-state index contributed by atoms with van der Waals surface area (Å²) in [5.41, 5.74) is 5.29. The first kappa shape index (κ1) is 20.4. The molecule has 2 aromatic rings. The van der Waals surface area contributed by atoms with Crippen molar-refractivity contribution in [2.24, 2.45) is 5.10 Å². The highest BCUT2D eigenvalue weighted by molar-refractivity contribution is 5.80. The number of anilines is 4. The Morgan fingerprint density at radius 3 is 1.90 bits per heavy atom. The molecular weight excluding hydrogens is 376 g/mol. The minimum Gasteiger partial charge on any atom is -0.372 e. The third-order valence-electron chi connectivity index (χ3n) is 5.79. The molecule has 0 radical (unpaired) electrons. The summed E-state index contributed by atoms with van der Waals surface area (Å²) in [5, 5.41) is 4.38. The van der Waals surface area contributed by atoms with Gasteiger partial charge in [-0.1, -0.05) is 12.1 Å². The second kappa shape index (κ2) is 9.73. The van der Waals surface area contributed by atoms with Gasteiger partial charge in [0, 0.05) is 45.0 Å². The molecule has 1 aromatic heterocycles. The summed E-state index contributed by atoms with van der Waals surface area (Å²) in [6, 6.07) is 8.43. The standard InChI is InChI=1S/C22H32N8/c1-3-28(4-2)19-11-9-18(10-12-19)17-23-27-20-24-21(29-13-5-6-14-29)26-22(25-20)30-15-7-8-16-30/h9-12,17H,3-8,13-16H2,1-2H3,(H,24,25,26,27)/b23-17+. The molecule has 160 valence electrons. The maximum Gasteiger partial charge on any atom is 0.250 e. The largest absolute Gasteiger partial charge is 0.372 e. The van der Waals surface area contributed by atoms with Gasteiger partial charge in [-0.05, 0) is 57.2 Å². The van der Waals surface area contributed by atoms with Gasteiger partial charge in [0.2, 0.25) is 17.8 Å². The van der Waals surface area contributed by atoms with Gasteiger partial charge in [-0.15, -0.1) is 0 Å². The van der Waals surface area contributed by atoms with Crippen LogP contribution in [0.3, 0.4) is 0 Å². The van der Waals surface area contributed by atoms with Crippen LogP contribution in [0.1, 0.15) is 45.1 Å². The molecule has 0 unspecified atom stereocenters. The van der Waals surface area contributed by atoms with Crippen LogP contribution in [0.25, 0.3) is 0 Å². The monoisotopic (exact) mass is 408 g/mol. The van der Waals surface area contributed by atoms with Crippen molar-refractivity contribution in [2.45, 2.75) is 39.5 Å². The van der Waals surface area contributed by atoms with Crippen LogP contribution in [0.15, 0.2) is 29.4 Å². The van der Waals surface area contributed by atoms with Crippen molar-refractivity contribution in [1.29, 1.82) is 0 Å². The maximum absolute atomic E-state index is 4.74. The minimum absolute atomic E-state index is 0.504. The third-order valence-corrected chi connectivity index (χ3v) is 5.79. The normalized spacial score (nSPS) is 16.6. The van der Waals surface area contributed by atoms with E-state index >= 15 is 0 Å². The predicted molar refractivity (Wildman–Crippen MR) is 124 cm³/mol. The molecule has 8 nitrogen and oxygen atoms in total. The van der Waals surface area contributed by atoms with Gasteiger partial charge in [0.25, 0.3) is 0 Å². The van der Waals surface area contributed by atoms with E-state index in [1.807, 2.05) is 0 Å². The fourth-order valence-corrected chi connectivity index (χ4v) is 4.05. The van der Waals surface area contributed by atoms with Crippen LogP contribution >= 0.6 is 0 Å². The second-order valence-electron chi connectivity index (χ2n) is 7.78. The lowest BCUT2D eigenvalue weighted by molar-refractivity contribution is 0.838. The Labute approximate surface area is 179 Å². The van der Waals surface area contributed by atoms with Crippen molar-refractivity contribution in [3.8, 4) is 0 Å². The molecule has 8 heteroatoms. The molecule has 0 saturated carbocycles. The van der Waals surface area contributed by atoms with E-state index in [1.54, 1.807) is 6.21 Å². The number of nitrogens with zero attached hydrogens (tertiary/aromatic N) is 7. The van der Waals surface area contributed by atoms with Gasteiger partial charge in [0.15, 0.2) is 0 Å². The maximum atomic E-state index is 4.74. The van der Waals surface area contributed by atoms with E-state index in [2.05, 4.69) is 73.3 Å². The number of hydrogen-bond acceptors (Lipinski definition) is 8. The topological polar surface area (TPSA) is 72.8 Å². The van der Waals surface area contributed by atoms with Gasteiger partial charge >= 0.3 is 0 Å². The van der Waals surface area contributed by atoms with E-state index in [0.29, 0.717) is 5.95 Å². The lowest BCUT2D eigenvalue weighted by Gasteiger charge is -2.20. The van der Waals surface area contributed by atoms with Crippen molar-refractivity contribution in [3.05, 3.63) is 29.8 Å². The molecule has 2 saturated heterocycles. The van der Waals surface area contributed by atoms with E-state index in [4.69, 9.17) is 4.98 Å². The van der Waals surface area contributed by atoms with E-state index in [9.17, 15) is 0 Å². The van der Waals surface area contributed by atoms with Gasteiger partial charge < -0.3 is 14.7 Å². The highest BCUT2D eigenvalue weighted by Crippen LogP contribution is 2.22. The Kier molecular flexibility index (Phi) is 6.61. The van der Waals surface area contributed by atoms with Gasteiger partial charge in [-0.25, -0.2) is 5.43 Å². The van der Waals surface area contributed by atoms with Crippen molar-refractivity contribution in [2.75, 3.05) is 59.4 Å². The summed E-state index contributed by atoms with van der Waals surface area (Å²) in [5.74, 6) is 2.01. The average Bonchev–Trinajstić information content (AvgIpc) is 3.50. The van der Waals surface area contributed by atoms with Crippen molar-refractivity contribution in [1.82, 2.24) is 15.0 Å². The number of benzene rings is 1. The molecule has 0 aliphatic carbocycles. The highest BCUT2D eigenvalue weighted by atomic mass is 15.4. The summed E-state index contributed by atoms with van der Waals surface area (Å²) in [6.45, 7) is 10.4. The quantitative estimate of drug-likeness (QED) is 0.530. The first-order valence-corrected chi connectivity index (χ1v) is 11.2. The lowest BCUT2D eigenvalue weighted by Crippen LogP contribution is -2.25. The van der Waals surface area contributed by atoms with Crippen LogP contribution in [0.2, 0.25) is 0 Å². The number of rotatable bonds is 8. The SMILES string of the molecule is CCN(CC)c1ccc(/C=N/Nc2nc(N3CCCC3)nc(N3CCCC3)n2)cc1. The second-order valence-corrected chi connectivity index (χ2v) is 7.78. The van der Waals surface area contributed by atoms with Gasteiger partial charge in [-0.3, -0.25) is 0 Å². The van der Waals surface area contributed by atoms with Gasteiger partial charge in [0.05, 0.1) is 6.21 Å². The zero-order valence-corrected chi connectivity index (χ0v) is 18.1. The van der Waals surface area contributed by atoms with Crippen LogP contribution in [-0.2, 0) is 0 Å². The Hall–Kier alpha value is -2.90. The molecule has 0 amide bonds. The van der Waals surface area contributed by atoms with Crippen LogP contribution in [0, 0.1) is 0 Å². The molecule has 0 bridgehead atoms. The number of hydrazone groups is 1. The Balaban J connectivity index is 1.47. The molecule has 0 spiro atoms. The molecule has 0 atom stereocenters. The Morgan fingerprint density at radius 2 is 1.40 bits per heavy atom. The molecule has 2 fully saturated rings. The molecule has 1 aromatic carbocycles. The van der Waals surface area contributed by atoms with E-state index in [1.165, 1.54) is 31.4 Å². The van der Waals surface area contributed by atoms with Crippen molar-refractivity contribution in [3.63, 3.8) is 0 Å². The van der Waals surface area contributed by atoms with Crippen LogP contribution in [0.4, 0.5) is 23.5 Å². The molecule has 2 aliphatic rings. The highest BCUT2D eigenvalue weighted by Gasteiger charge is 2.21. The summed E-state index contributed by atoms with van der Waals surface area (Å²) >= 11 is 0. The smallest absolute Gasteiger partial charge is 0.250 e. The van der Waals surface area contributed by atoms with Crippen LogP contribution < -0.4 is 20.1 Å². The summed E-state index contributed by atoms with van der Waals surface area (Å²) in [7, 11) is 0. The molecule has 1 N–H and O–H groups in total. The van der Waals surface area contributed by atoms with Crippen LogP contribution in [0.5, 0.6) is 0 Å². The number of hydrogen-bond donors (Lipinski definition) is 1. The van der Waals surface area contributed by atoms with E-state index < -0.39 is 0 Å². The zero-order chi connectivity index (χ0) is 20.8. The van der Waals surface area contributed by atoms with Crippen molar-refractivity contribution >= 4 is 29.7 Å². The molecule has 3 heterocycles. The molecule has 2 aliphatic heterocycles. The zero-order valence-electron chi connectivity index (χ0n) is 18.1. The Bertz CT molecular complexity index is 800. The summed E-state index contributed by atoms with van der Waals surface area (Å²) in [6.07, 6.45) is 6.56. The first-order chi connectivity index (χ1) is 14.8. The van der Waals surface area contributed by atoms with E-state index in [0.717, 1.165) is 56.7 Å².